The topological polar surface area (TPSA) is 102 Å². The molecule has 2 atom stereocenters. The largest absolute Gasteiger partial charge is 0.507 e. The lowest BCUT2D eigenvalue weighted by molar-refractivity contribution is -0.757. The van der Waals surface area contributed by atoms with Gasteiger partial charge in [-0.3, -0.25) is 0 Å². The molecule has 2 N–H and O–H groups in total. The number of phenolic OH excluding ortho intramolecular Hbond substituents is 1. The van der Waals surface area contributed by atoms with Gasteiger partial charge in [-0.25, -0.2) is 0 Å². The molecule has 0 bridgehead atoms. The molecule has 7 heteroatoms. The summed E-state index contributed by atoms with van der Waals surface area (Å²) < 4.78 is 6.37. The molecule has 0 aromatic heterocycles. The second-order valence-electron chi connectivity index (χ2n) is 9.31. The number of aliphatic hydroxyl groups excluding tert-OH is 1. The Labute approximate surface area is 171 Å². The van der Waals surface area contributed by atoms with E-state index in [-0.39, 0.29) is 41.8 Å². The van der Waals surface area contributed by atoms with E-state index in [2.05, 4.69) is 24.8 Å². The Morgan fingerprint density at radius 2 is 2.10 bits per heavy atom. The van der Waals surface area contributed by atoms with Crippen molar-refractivity contribution in [3.63, 3.8) is 0 Å². The second kappa shape index (κ2) is 7.86. The number of hydrogen-bond acceptors (Lipinski definition) is 6. The first-order valence-electron chi connectivity index (χ1n) is 10.2. The first-order chi connectivity index (χ1) is 13.5. The number of fused-ring (bicyclic) bond motifs is 3. The predicted molar refractivity (Wildman–Crippen MR) is 109 cm³/mol. The van der Waals surface area contributed by atoms with Crippen molar-refractivity contribution in [2.75, 3.05) is 13.2 Å². The molecule has 1 aromatic carbocycles. The normalized spacial score (nSPS) is 22.7. The average Bonchev–Trinajstić information content (AvgIpc) is 2.63. The number of aliphatic hydroxyl groups is 1. The third-order valence-electron chi connectivity index (χ3n) is 6.47. The van der Waals surface area contributed by atoms with Gasteiger partial charge in [0.05, 0.1) is 13.2 Å². The van der Waals surface area contributed by atoms with Gasteiger partial charge in [0.15, 0.2) is 0 Å². The van der Waals surface area contributed by atoms with Crippen molar-refractivity contribution >= 4 is 0 Å². The van der Waals surface area contributed by atoms with Gasteiger partial charge < -0.3 is 19.8 Å². The minimum atomic E-state index is -0.775. The van der Waals surface area contributed by atoms with E-state index in [0.717, 1.165) is 29.5 Å². The molecule has 0 radical (unpaired) electrons. The summed E-state index contributed by atoms with van der Waals surface area (Å²) in [5, 5.41) is 30.1. The number of nitrogens with zero attached hydrogens (tertiary/aromatic N) is 1. The summed E-state index contributed by atoms with van der Waals surface area (Å²) in [4.78, 5) is 14.7. The van der Waals surface area contributed by atoms with Crippen molar-refractivity contribution in [1.29, 1.82) is 0 Å². The van der Waals surface area contributed by atoms with Crippen LogP contribution in [0.2, 0.25) is 0 Å². The maximum atomic E-state index is 10.9. The minimum absolute atomic E-state index is 0.00954. The molecule has 1 aromatic rings. The minimum Gasteiger partial charge on any atom is -0.507 e. The van der Waals surface area contributed by atoms with E-state index in [4.69, 9.17) is 4.74 Å². The van der Waals surface area contributed by atoms with E-state index in [1.807, 2.05) is 19.9 Å². The van der Waals surface area contributed by atoms with Crippen LogP contribution in [0.4, 0.5) is 0 Å². The molecule has 1 heterocycles. The lowest BCUT2D eigenvalue weighted by Gasteiger charge is -2.47. The Morgan fingerprint density at radius 1 is 1.38 bits per heavy atom. The zero-order chi connectivity index (χ0) is 21.4. The quantitative estimate of drug-likeness (QED) is 0.304. The molecular weight excluding hydrogens is 374 g/mol. The maximum absolute atomic E-state index is 10.9. The summed E-state index contributed by atoms with van der Waals surface area (Å²) in [6.07, 6.45) is 5.05. The SMILES string of the molecule is CC(C)(CCCO[N+](=O)[O-])c1cc(O)c2c(c1)OC(C)(C)[C@@H]1CCC(CO)=C[C@@H]21. The van der Waals surface area contributed by atoms with Crippen LogP contribution in [-0.4, -0.2) is 34.1 Å². The van der Waals surface area contributed by atoms with Crippen LogP contribution >= 0.6 is 0 Å². The van der Waals surface area contributed by atoms with Crippen LogP contribution in [0.3, 0.4) is 0 Å². The molecule has 0 unspecified atom stereocenters. The number of phenols is 1. The molecule has 0 saturated heterocycles. The summed E-state index contributed by atoms with van der Waals surface area (Å²) in [5.74, 6) is 1.12. The smallest absolute Gasteiger partial charge is 0.294 e. The van der Waals surface area contributed by atoms with Gasteiger partial charge in [-0.1, -0.05) is 19.9 Å². The monoisotopic (exact) mass is 405 g/mol. The number of rotatable bonds is 7. The van der Waals surface area contributed by atoms with Gasteiger partial charge in [0.2, 0.25) is 0 Å². The fourth-order valence-electron chi connectivity index (χ4n) is 4.75. The summed E-state index contributed by atoms with van der Waals surface area (Å²) in [6.45, 7) is 8.33. The van der Waals surface area contributed by atoms with Crippen LogP contribution in [0.5, 0.6) is 11.5 Å². The zero-order valence-corrected chi connectivity index (χ0v) is 17.6. The molecule has 0 fully saturated rings. The highest BCUT2D eigenvalue weighted by molar-refractivity contribution is 5.55. The first kappa shape index (κ1) is 21.4. The second-order valence-corrected chi connectivity index (χ2v) is 9.31. The van der Waals surface area contributed by atoms with Crippen LogP contribution in [0, 0.1) is 16.0 Å². The molecule has 0 amide bonds. The first-order valence-corrected chi connectivity index (χ1v) is 10.2. The maximum Gasteiger partial charge on any atom is 0.294 e. The molecule has 29 heavy (non-hydrogen) atoms. The molecular formula is C22H31NO6. The number of benzene rings is 1. The van der Waals surface area contributed by atoms with E-state index in [1.54, 1.807) is 6.07 Å². The Kier molecular flexibility index (Phi) is 5.81. The van der Waals surface area contributed by atoms with Crippen molar-refractivity contribution < 1.29 is 24.9 Å². The van der Waals surface area contributed by atoms with Crippen molar-refractivity contribution in [3.8, 4) is 11.5 Å². The Balaban J connectivity index is 1.92. The number of allylic oxidation sites excluding steroid dienone is 1. The average molecular weight is 405 g/mol. The van der Waals surface area contributed by atoms with Crippen molar-refractivity contribution in [2.24, 2.45) is 5.92 Å². The number of aromatic hydroxyl groups is 1. The Morgan fingerprint density at radius 3 is 2.76 bits per heavy atom. The molecule has 1 aliphatic heterocycles. The van der Waals surface area contributed by atoms with E-state index >= 15 is 0 Å². The molecule has 0 saturated carbocycles. The van der Waals surface area contributed by atoms with Crippen LogP contribution in [0.25, 0.3) is 0 Å². The van der Waals surface area contributed by atoms with Gasteiger partial charge in [-0.2, -0.15) is 0 Å². The third-order valence-corrected chi connectivity index (χ3v) is 6.47. The van der Waals surface area contributed by atoms with Gasteiger partial charge in [0.1, 0.15) is 17.1 Å². The van der Waals surface area contributed by atoms with Crippen molar-refractivity contribution in [3.05, 3.63) is 45.0 Å². The molecule has 7 nitrogen and oxygen atoms in total. The Hall–Kier alpha value is -2.28. The highest BCUT2D eigenvalue weighted by Crippen LogP contribution is 2.54. The van der Waals surface area contributed by atoms with E-state index in [1.165, 1.54) is 0 Å². The van der Waals surface area contributed by atoms with Crippen LogP contribution in [-0.2, 0) is 10.3 Å². The molecule has 160 valence electrons. The molecule has 0 spiro atoms. The van der Waals surface area contributed by atoms with Crippen molar-refractivity contribution in [1.82, 2.24) is 0 Å². The highest BCUT2D eigenvalue weighted by Gasteiger charge is 2.45. The lowest BCUT2D eigenvalue weighted by Crippen LogP contribution is -2.45. The number of hydrogen-bond donors (Lipinski definition) is 2. The third kappa shape index (κ3) is 4.34. The van der Waals surface area contributed by atoms with Crippen molar-refractivity contribution in [2.45, 2.75) is 70.3 Å². The Bertz CT molecular complexity index is 814. The summed E-state index contributed by atoms with van der Waals surface area (Å²) in [5.41, 5.74) is 2.02. The van der Waals surface area contributed by atoms with Crippen LogP contribution < -0.4 is 4.74 Å². The van der Waals surface area contributed by atoms with Gasteiger partial charge in [0, 0.05) is 17.4 Å². The summed E-state index contributed by atoms with van der Waals surface area (Å²) in [7, 11) is 0. The fourth-order valence-corrected chi connectivity index (χ4v) is 4.75. The van der Waals surface area contributed by atoms with Gasteiger partial charge in [-0.05, 0) is 68.2 Å². The summed E-state index contributed by atoms with van der Waals surface area (Å²) >= 11 is 0. The predicted octanol–water partition coefficient (Wildman–Crippen LogP) is 4.24. The van der Waals surface area contributed by atoms with Crippen LogP contribution in [0.15, 0.2) is 23.8 Å². The summed E-state index contributed by atoms with van der Waals surface area (Å²) in [6, 6.07) is 3.77. The fraction of sp³-hybridized carbons (Fsp3) is 0.636. The standard InChI is InChI=1S/C22H31NO6/c1-21(2,8-5-9-28-23(26)27)15-11-18(25)20-16-10-14(13-24)6-7-17(16)22(3,4)29-19(20)12-15/h10-12,16-17,24-25H,5-9,13H2,1-4H3/t16-,17-/m1/s1. The lowest BCUT2D eigenvalue weighted by atomic mass is 9.67. The van der Waals surface area contributed by atoms with E-state index < -0.39 is 5.09 Å². The zero-order valence-electron chi connectivity index (χ0n) is 17.6. The van der Waals surface area contributed by atoms with Gasteiger partial charge in [0.25, 0.3) is 5.09 Å². The highest BCUT2D eigenvalue weighted by atomic mass is 16.9. The van der Waals surface area contributed by atoms with Gasteiger partial charge >= 0.3 is 0 Å². The molecule has 2 aliphatic rings. The van der Waals surface area contributed by atoms with Gasteiger partial charge in [-0.15, -0.1) is 10.1 Å². The van der Waals surface area contributed by atoms with E-state index in [0.29, 0.717) is 18.6 Å². The van der Waals surface area contributed by atoms with E-state index in [9.17, 15) is 20.3 Å². The number of ether oxygens (including phenoxy) is 1. The molecule has 1 aliphatic carbocycles. The van der Waals surface area contributed by atoms with Crippen LogP contribution in [0.1, 0.15) is 70.4 Å². The molecule has 3 rings (SSSR count).